The highest BCUT2D eigenvalue weighted by atomic mass is 16.5. The van der Waals surface area contributed by atoms with E-state index in [2.05, 4.69) is 23.4 Å². The molecule has 0 saturated heterocycles. The minimum atomic E-state index is -0.107. The van der Waals surface area contributed by atoms with E-state index in [9.17, 15) is 0 Å². The average molecular weight is 273 g/mol. The first kappa shape index (κ1) is 14.6. The summed E-state index contributed by atoms with van der Waals surface area (Å²) in [5, 5.41) is 0. The van der Waals surface area contributed by atoms with Crippen LogP contribution in [0.5, 0.6) is 5.75 Å². The molecule has 1 aromatic carbocycles. The molecule has 20 heavy (non-hydrogen) atoms. The fraction of sp³-hybridized carbons (Fsp3) is 0.438. The van der Waals surface area contributed by atoms with Crippen molar-refractivity contribution in [1.29, 1.82) is 0 Å². The second-order valence-corrected chi connectivity index (χ2v) is 5.17. The van der Waals surface area contributed by atoms with E-state index >= 15 is 0 Å². The number of hydrogen-bond acceptors (Lipinski definition) is 3. The van der Waals surface area contributed by atoms with Crippen LogP contribution in [0.25, 0.3) is 0 Å². The van der Waals surface area contributed by atoms with Gasteiger partial charge in [-0.15, -0.1) is 0 Å². The number of imidazole rings is 1. The van der Waals surface area contributed by atoms with E-state index in [0.717, 1.165) is 17.1 Å². The summed E-state index contributed by atoms with van der Waals surface area (Å²) < 4.78 is 7.77. The maximum Gasteiger partial charge on any atom is 0.124 e. The zero-order valence-corrected chi connectivity index (χ0v) is 12.4. The van der Waals surface area contributed by atoms with E-state index in [1.165, 1.54) is 0 Å². The van der Waals surface area contributed by atoms with E-state index in [1.807, 2.05) is 43.6 Å². The lowest BCUT2D eigenvalue weighted by atomic mass is 10.1. The van der Waals surface area contributed by atoms with E-state index in [1.54, 1.807) is 0 Å². The molecule has 0 saturated carbocycles. The number of ether oxygens (including phenoxy) is 1. The Hall–Kier alpha value is -1.81. The summed E-state index contributed by atoms with van der Waals surface area (Å²) in [6, 6.07) is 7.86. The summed E-state index contributed by atoms with van der Waals surface area (Å²) >= 11 is 0. The summed E-state index contributed by atoms with van der Waals surface area (Å²) in [6.07, 6.45) is 3.81. The number of para-hydroxylation sites is 1. The third kappa shape index (κ3) is 3.20. The maximum atomic E-state index is 6.36. The van der Waals surface area contributed by atoms with Crippen molar-refractivity contribution in [3.8, 4) is 5.75 Å². The lowest BCUT2D eigenvalue weighted by Crippen LogP contribution is -2.20. The predicted octanol–water partition coefficient (Wildman–Crippen LogP) is 3.11. The van der Waals surface area contributed by atoms with Gasteiger partial charge in [0.05, 0.1) is 12.6 Å². The van der Waals surface area contributed by atoms with E-state index in [4.69, 9.17) is 10.5 Å². The highest BCUT2D eigenvalue weighted by Gasteiger charge is 2.15. The first-order valence-electron chi connectivity index (χ1n) is 7.11. The lowest BCUT2D eigenvalue weighted by molar-refractivity contribution is 0.332. The molecule has 4 heteroatoms. The van der Waals surface area contributed by atoms with Gasteiger partial charge in [0.2, 0.25) is 0 Å². The van der Waals surface area contributed by atoms with Crippen molar-refractivity contribution in [2.45, 2.75) is 39.3 Å². The number of nitrogens with two attached hydrogens (primary N) is 1. The van der Waals surface area contributed by atoms with Crippen molar-refractivity contribution in [3.63, 3.8) is 0 Å². The van der Waals surface area contributed by atoms with E-state index in [-0.39, 0.29) is 6.04 Å². The molecule has 1 unspecified atom stereocenters. The summed E-state index contributed by atoms with van der Waals surface area (Å²) in [5.74, 6) is 2.32. The van der Waals surface area contributed by atoms with Gasteiger partial charge in [-0.2, -0.15) is 0 Å². The van der Waals surface area contributed by atoms with Gasteiger partial charge >= 0.3 is 0 Å². The van der Waals surface area contributed by atoms with Gasteiger partial charge in [-0.25, -0.2) is 4.98 Å². The topological polar surface area (TPSA) is 53.1 Å². The minimum absolute atomic E-state index is 0.107. The number of benzene rings is 1. The van der Waals surface area contributed by atoms with Crippen molar-refractivity contribution in [2.75, 3.05) is 6.61 Å². The number of rotatable bonds is 6. The summed E-state index contributed by atoms with van der Waals surface area (Å²) in [5.41, 5.74) is 7.40. The monoisotopic (exact) mass is 273 g/mol. The van der Waals surface area contributed by atoms with Crippen LogP contribution in [-0.2, 0) is 6.54 Å². The smallest absolute Gasteiger partial charge is 0.124 e. The van der Waals surface area contributed by atoms with Crippen molar-refractivity contribution >= 4 is 0 Å². The molecule has 0 aliphatic rings. The largest absolute Gasteiger partial charge is 0.494 e. The second-order valence-electron chi connectivity index (χ2n) is 5.17. The zero-order valence-electron chi connectivity index (χ0n) is 12.4. The second kappa shape index (κ2) is 6.57. The first-order valence-corrected chi connectivity index (χ1v) is 7.11. The van der Waals surface area contributed by atoms with Gasteiger partial charge < -0.3 is 15.0 Å². The molecule has 2 rings (SSSR count). The van der Waals surface area contributed by atoms with Gasteiger partial charge in [-0.05, 0) is 13.0 Å². The van der Waals surface area contributed by atoms with Crippen molar-refractivity contribution in [1.82, 2.24) is 9.55 Å². The van der Waals surface area contributed by atoms with Gasteiger partial charge in [0, 0.05) is 30.4 Å². The Balaban J connectivity index is 2.19. The average Bonchev–Trinajstić information content (AvgIpc) is 2.88. The summed E-state index contributed by atoms with van der Waals surface area (Å²) in [7, 11) is 0. The number of aromatic nitrogens is 2. The number of hydrogen-bond donors (Lipinski definition) is 1. The molecule has 2 N–H and O–H groups in total. The molecular weight excluding hydrogens is 250 g/mol. The Labute approximate surface area is 120 Å². The Bertz CT molecular complexity index is 548. The van der Waals surface area contributed by atoms with Crippen molar-refractivity contribution in [3.05, 3.63) is 48.0 Å². The molecule has 0 radical (unpaired) electrons. The van der Waals surface area contributed by atoms with Gasteiger partial charge in [-0.3, -0.25) is 0 Å². The lowest BCUT2D eigenvalue weighted by Gasteiger charge is -2.19. The Morgan fingerprint density at radius 2 is 2.05 bits per heavy atom. The zero-order chi connectivity index (χ0) is 14.5. The molecule has 1 heterocycles. The fourth-order valence-electron chi connectivity index (χ4n) is 2.36. The standard InChI is InChI=1S/C16H23N3O/c1-4-20-15-8-6-5-7-13(15)14(17)11-19-10-9-18-16(19)12(2)3/h5-10,12,14H,4,11,17H2,1-3H3. The molecule has 0 bridgehead atoms. The molecule has 1 aromatic heterocycles. The third-order valence-electron chi connectivity index (χ3n) is 3.28. The van der Waals surface area contributed by atoms with E-state index in [0.29, 0.717) is 19.1 Å². The van der Waals surface area contributed by atoms with Gasteiger partial charge in [0.25, 0.3) is 0 Å². The van der Waals surface area contributed by atoms with Gasteiger partial charge in [0.1, 0.15) is 11.6 Å². The van der Waals surface area contributed by atoms with E-state index < -0.39 is 0 Å². The fourth-order valence-corrected chi connectivity index (χ4v) is 2.36. The molecule has 108 valence electrons. The molecule has 0 aliphatic heterocycles. The molecule has 0 spiro atoms. The van der Waals surface area contributed by atoms with Crippen LogP contribution in [0.3, 0.4) is 0 Å². The SMILES string of the molecule is CCOc1ccccc1C(N)Cn1ccnc1C(C)C. The molecule has 2 aromatic rings. The molecule has 1 atom stereocenters. The molecule has 4 nitrogen and oxygen atoms in total. The highest BCUT2D eigenvalue weighted by Crippen LogP contribution is 2.25. The Morgan fingerprint density at radius 1 is 1.30 bits per heavy atom. The third-order valence-corrected chi connectivity index (χ3v) is 3.28. The van der Waals surface area contributed by atoms with Gasteiger partial charge in [-0.1, -0.05) is 32.0 Å². The highest BCUT2D eigenvalue weighted by molar-refractivity contribution is 5.35. The van der Waals surface area contributed by atoms with Crippen LogP contribution >= 0.6 is 0 Å². The molecular formula is C16H23N3O. The Morgan fingerprint density at radius 3 is 2.75 bits per heavy atom. The van der Waals surface area contributed by atoms with Crippen molar-refractivity contribution < 1.29 is 4.74 Å². The Kier molecular flexibility index (Phi) is 4.79. The molecule has 0 aliphatic carbocycles. The maximum absolute atomic E-state index is 6.36. The number of nitrogens with zero attached hydrogens (tertiary/aromatic N) is 2. The summed E-state index contributed by atoms with van der Waals surface area (Å²) in [4.78, 5) is 4.40. The quantitative estimate of drug-likeness (QED) is 0.880. The van der Waals surface area contributed by atoms with Crippen LogP contribution in [0.15, 0.2) is 36.7 Å². The van der Waals surface area contributed by atoms with Crippen LogP contribution < -0.4 is 10.5 Å². The van der Waals surface area contributed by atoms with Gasteiger partial charge in [0.15, 0.2) is 0 Å². The normalized spacial score (nSPS) is 12.7. The van der Waals surface area contributed by atoms with Crippen LogP contribution in [0.2, 0.25) is 0 Å². The first-order chi connectivity index (χ1) is 9.63. The minimum Gasteiger partial charge on any atom is -0.494 e. The van der Waals surface area contributed by atoms with Crippen LogP contribution in [-0.4, -0.2) is 16.2 Å². The van der Waals surface area contributed by atoms with Crippen LogP contribution in [0.1, 0.15) is 44.1 Å². The van der Waals surface area contributed by atoms with Crippen molar-refractivity contribution in [2.24, 2.45) is 5.73 Å². The molecule has 0 fully saturated rings. The van der Waals surface area contributed by atoms with Crippen LogP contribution in [0, 0.1) is 0 Å². The molecule has 0 amide bonds. The predicted molar refractivity (Wildman–Crippen MR) is 80.9 cm³/mol. The summed E-state index contributed by atoms with van der Waals surface area (Å²) in [6.45, 7) is 7.61. The van der Waals surface area contributed by atoms with Crippen LogP contribution in [0.4, 0.5) is 0 Å².